The van der Waals surface area contributed by atoms with E-state index in [1.807, 2.05) is 30.3 Å². The number of benzene rings is 1. The Morgan fingerprint density at radius 2 is 2.15 bits per heavy atom. The normalized spacial score (nSPS) is 19.7. The van der Waals surface area contributed by atoms with Gasteiger partial charge in [-0.1, -0.05) is 36.0 Å². The Balaban J connectivity index is 1.80. The molecule has 0 radical (unpaired) electrons. The number of carbonyl (C=O) groups excluding carboxylic acids is 2. The predicted octanol–water partition coefficient (Wildman–Crippen LogP) is 2.40. The molecule has 0 saturated heterocycles. The van der Waals surface area contributed by atoms with E-state index in [9.17, 15) is 9.59 Å². The molecule has 2 aliphatic rings. The second-order valence-corrected chi connectivity index (χ2v) is 5.69. The summed E-state index contributed by atoms with van der Waals surface area (Å²) in [6.45, 7) is 1.33. The van der Waals surface area contributed by atoms with Crippen LogP contribution in [0.3, 0.4) is 0 Å². The van der Waals surface area contributed by atoms with Gasteiger partial charge in [0.25, 0.3) is 5.91 Å². The highest BCUT2D eigenvalue weighted by molar-refractivity contribution is 8.04. The Hall–Kier alpha value is -2.01. The third-order valence-electron chi connectivity index (χ3n) is 3.20. The van der Waals surface area contributed by atoms with Gasteiger partial charge < -0.3 is 10.2 Å². The van der Waals surface area contributed by atoms with Gasteiger partial charge >= 0.3 is 0 Å². The molecule has 4 nitrogen and oxygen atoms in total. The molecule has 0 aromatic heterocycles. The average Bonchev–Trinajstić information content (AvgIpc) is 2.49. The number of nitrogens with one attached hydrogen (secondary N) is 1. The molecule has 0 fully saturated rings. The van der Waals surface area contributed by atoms with Crippen molar-refractivity contribution in [1.29, 1.82) is 0 Å². The SMILES string of the molecule is O=C1Nc2ccccc2SC1=CC(=O)N1CC=CCC1. The zero-order valence-corrected chi connectivity index (χ0v) is 11.7. The van der Waals surface area contributed by atoms with E-state index in [0.717, 1.165) is 17.0 Å². The summed E-state index contributed by atoms with van der Waals surface area (Å²) in [7, 11) is 0. The van der Waals surface area contributed by atoms with Gasteiger partial charge in [-0.25, -0.2) is 0 Å². The summed E-state index contributed by atoms with van der Waals surface area (Å²) >= 11 is 1.34. The minimum atomic E-state index is -0.213. The van der Waals surface area contributed by atoms with E-state index in [-0.39, 0.29) is 11.8 Å². The third kappa shape index (κ3) is 2.63. The molecule has 2 aliphatic heterocycles. The van der Waals surface area contributed by atoms with Gasteiger partial charge in [-0.3, -0.25) is 9.59 Å². The molecule has 0 atom stereocenters. The molecule has 0 bridgehead atoms. The van der Waals surface area contributed by atoms with Gasteiger partial charge in [0.05, 0.1) is 10.6 Å². The topological polar surface area (TPSA) is 49.4 Å². The van der Waals surface area contributed by atoms with Crippen LogP contribution >= 0.6 is 11.8 Å². The van der Waals surface area contributed by atoms with Crippen molar-refractivity contribution in [2.24, 2.45) is 0 Å². The molecular weight excluding hydrogens is 272 g/mol. The molecule has 5 heteroatoms. The summed E-state index contributed by atoms with van der Waals surface area (Å²) < 4.78 is 0. The van der Waals surface area contributed by atoms with E-state index in [1.165, 1.54) is 17.8 Å². The summed E-state index contributed by atoms with van der Waals surface area (Å²) in [5.74, 6) is -0.319. The van der Waals surface area contributed by atoms with Crippen molar-refractivity contribution in [3.8, 4) is 0 Å². The largest absolute Gasteiger partial charge is 0.335 e. The van der Waals surface area contributed by atoms with Gasteiger partial charge in [0.2, 0.25) is 5.91 Å². The second kappa shape index (κ2) is 5.54. The lowest BCUT2D eigenvalue weighted by Gasteiger charge is -2.23. The van der Waals surface area contributed by atoms with Gasteiger partial charge in [0.15, 0.2) is 0 Å². The number of rotatable bonds is 1. The maximum Gasteiger partial charge on any atom is 0.262 e. The van der Waals surface area contributed by atoms with Gasteiger partial charge in [-0.2, -0.15) is 0 Å². The van der Waals surface area contributed by atoms with E-state index >= 15 is 0 Å². The maximum absolute atomic E-state index is 12.1. The Kier molecular flexibility index (Phi) is 3.60. The number of amides is 2. The first-order valence-corrected chi connectivity index (χ1v) is 7.29. The molecule has 2 heterocycles. The van der Waals surface area contributed by atoms with Gasteiger partial charge in [-0.05, 0) is 18.6 Å². The quantitative estimate of drug-likeness (QED) is 0.637. The van der Waals surface area contributed by atoms with Crippen molar-refractivity contribution in [2.75, 3.05) is 18.4 Å². The number of hydrogen-bond donors (Lipinski definition) is 1. The van der Waals surface area contributed by atoms with E-state index in [4.69, 9.17) is 0 Å². The van der Waals surface area contributed by atoms with Gasteiger partial charge in [-0.15, -0.1) is 0 Å². The van der Waals surface area contributed by atoms with Gasteiger partial charge in [0.1, 0.15) is 0 Å². The van der Waals surface area contributed by atoms with E-state index in [2.05, 4.69) is 11.4 Å². The van der Waals surface area contributed by atoms with Crippen LogP contribution in [-0.4, -0.2) is 29.8 Å². The Labute approximate surface area is 121 Å². The van der Waals surface area contributed by atoms with Crippen molar-refractivity contribution >= 4 is 29.3 Å². The second-order valence-electron chi connectivity index (χ2n) is 4.61. The summed E-state index contributed by atoms with van der Waals surface area (Å²) in [6.07, 6.45) is 6.35. The molecule has 0 saturated carbocycles. The number of fused-ring (bicyclic) bond motifs is 1. The molecule has 1 aromatic carbocycles. The van der Waals surface area contributed by atoms with E-state index in [0.29, 0.717) is 18.0 Å². The Morgan fingerprint density at radius 3 is 2.95 bits per heavy atom. The minimum absolute atomic E-state index is 0.105. The average molecular weight is 286 g/mol. The highest BCUT2D eigenvalue weighted by Crippen LogP contribution is 2.37. The molecule has 102 valence electrons. The van der Waals surface area contributed by atoms with Crippen LogP contribution in [0.4, 0.5) is 5.69 Å². The summed E-state index contributed by atoms with van der Waals surface area (Å²) in [5, 5.41) is 2.81. The van der Waals surface area contributed by atoms with Crippen LogP contribution in [-0.2, 0) is 9.59 Å². The number of carbonyl (C=O) groups is 2. The molecule has 0 aliphatic carbocycles. The first-order valence-electron chi connectivity index (χ1n) is 6.48. The molecule has 0 spiro atoms. The van der Waals surface area contributed by atoms with Crippen molar-refractivity contribution < 1.29 is 9.59 Å². The van der Waals surface area contributed by atoms with Crippen molar-refractivity contribution in [1.82, 2.24) is 4.90 Å². The highest BCUT2D eigenvalue weighted by Gasteiger charge is 2.22. The number of nitrogens with zero attached hydrogens (tertiary/aromatic N) is 1. The first kappa shape index (κ1) is 13.0. The minimum Gasteiger partial charge on any atom is -0.335 e. The number of anilines is 1. The van der Waals surface area contributed by atoms with Crippen LogP contribution in [0.2, 0.25) is 0 Å². The third-order valence-corrected chi connectivity index (χ3v) is 4.30. The number of thioether (sulfide) groups is 1. The van der Waals surface area contributed by atoms with Crippen LogP contribution in [0.1, 0.15) is 6.42 Å². The van der Waals surface area contributed by atoms with Crippen LogP contribution in [0.25, 0.3) is 0 Å². The Bertz CT molecular complexity index is 622. The summed E-state index contributed by atoms with van der Waals surface area (Å²) in [4.78, 5) is 27.3. The lowest BCUT2D eigenvalue weighted by molar-refractivity contribution is -0.126. The van der Waals surface area contributed by atoms with E-state index < -0.39 is 0 Å². The highest BCUT2D eigenvalue weighted by atomic mass is 32.2. The van der Waals surface area contributed by atoms with Crippen LogP contribution < -0.4 is 5.32 Å². The maximum atomic E-state index is 12.1. The Morgan fingerprint density at radius 1 is 1.30 bits per heavy atom. The molecule has 1 aromatic rings. The molecule has 1 N–H and O–H groups in total. The standard InChI is InChI=1S/C15H14N2O2S/c18-14(17-8-4-1-5-9-17)10-13-15(19)16-11-6-2-3-7-12(11)20-13/h1-4,6-7,10H,5,8-9H2,(H,16,19). The summed E-state index contributed by atoms with van der Waals surface area (Å²) in [6, 6.07) is 7.58. The fourth-order valence-electron chi connectivity index (χ4n) is 2.15. The predicted molar refractivity (Wildman–Crippen MR) is 79.3 cm³/mol. The monoisotopic (exact) mass is 286 g/mol. The fourth-order valence-corrected chi connectivity index (χ4v) is 3.06. The smallest absolute Gasteiger partial charge is 0.262 e. The zero-order valence-electron chi connectivity index (χ0n) is 10.8. The van der Waals surface area contributed by atoms with Crippen molar-refractivity contribution in [3.63, 3.8) is 0 Å². The first-order chi connectivity index (χ1) is 9.74. The van der Waals surface area contributed by atoms with Crippen LogP contribution in [0.5, 0.6) is 0 Å². The van der Waals surface area contributed by atoms with Crippen LogP contribution in [0, 0.1) is 0 Å². The molecule has 3 rings (SSSR count). The van der Waals surface area contributed by atoms with Crippen molar-refractivity contribution in [3.05, 3.63) is 47.4 Å². The molecule has 0 unspecified atom stereocenters. The van der Waals surface area contributed by atoms with Gasteiger partial charge in [0, 0.05) is 24.1 Å². The molecule has 20 heavy (non-hydrogen) atoms. The lowest BCUT2D eigenvalue weighted by atomic mass is 10.2. The summed E-state index contributed by atoms with van der Waals surface area (Å²) in [5.41, 5.74) is 0.799. The lowest BCUT2D eigenvalue weighted by Crippen LogP contribution is -2.33. The zero-order chi connectivity index (χ0) is 13.9. The number of para-hydroxylation sites is 1. The van der Waals surface area contributed by atoms with Crippen molar-refractivity contribution in [2.45, 2.75) is 11.3 Å². The fraction of sp³-hybridized carbons (Fsp3) is 0.200. The number of hydrogen-bond acceptors (Lipinski definition) is 3. The van der Waals surface area contributed by atoms with E-state index in [1.54, 1.807) is 4.90 Å². The molecular formula is C15H14N2O2S. The molecule has 2 amide bonds. The van der Waals surface area contributed by atoms with Crippen LogP contribution in [0.15, 0.2) is 52.3 Å².